The molecule has 1 aromatic heterocycles. The van der Waals surface area contributed by atoms with E-state index in [1.165, 1.54) is 0 Å². The first-order valence-electron chi connectivity index (χ1n) is 8.06. The Balaban J connectivity index is 1.83. The third-order valence-electron chi connectivity index (χ3n) is 3.64. The predicted molar refractivity (Wildman–Crippen MR) is 103 cm³/mol. The Morgan fingerprint density at radius 1 is 1.16 bits per heavy atom. The molecule has 0 fully saturated rings. The normalized spacial score (nSPS) is 11.1. The maximum Gasteiger partial charge on any atom is 0.175 e. The molecule has 0 saturated heterocycles. The van der Waals surface area contributed by atoms with Crippen LogP contribution in [0.2, 0.25) is 0 Å². The molecule has 0 aliphatic heterocycles. The minimum Gasteiger partial charge on any atom is -0.493 e. The molecule has 0 atom stereocenters. The van der Waals surface area contributed by atoms with E-state index in [-0.39, 0.29) is 5.41 Å². The topological polar surface area (TPSA) is 68.5 Å². The lowest BCUT2D eigenvalue weighted by Gasteiger charge is -2.12. The molecule has 0 saturated carbocycles. The maximum absolute atomic E-state index is 5.33. The smallest absolute Gasteiger partial charge is 0.175 e. The summed E-state index contributed by atoms with van der Waals surface area (Å²) in [5, 5.41) is 10.7. The molecule has 0 radical (unpaired) electrons. The summed E-state index contributed by atoms with van der Waals surface area (Å²) in [6.45, 7) is 6.89. The van der Waals surface area contributed by atoms with E-state index in [2.05, 4.69) is 36.6 Å². The summed E-state index contributed by atoms with van der Waals surface area (Å²) < 4.78 is 15.9. The number of nitrogens with one attached hydrogen (secondary N) is 2. The average molecular weight is 363 g/mol. The van der Waals surface area contributed by atoms with Gasteiger partial charge in [-0.1, -0.05) is 32.0 Å². The van der Waals surface area contributed by atoms with Crippen molar-refractivity contribution in [2.24, 2.45) is 0 Å². The molecule has 2 aromatic rings. The molecule has 1 heterocycles. The van der Waals surface area contributed by atoms with Crippen molar-refractivity contribution in [2.45, 2.75) is 32.6 Å². The first-order valence-corrected chi connectivity index (χ1v) is 8.47. The van der Waals surface area contributed by atoms with E-state index in [0.29, 0.717) is 17.5 Å². The second-order valence-electron chi connectivity index (χ2n) is 6.65. The molecule has 25 heavy (non-hydrogen) atoms. The van der Waals surface area contributed by atoms with Gasteiger partial charge in [-0.05, 0) is 36.3 Å². The van der Waals surface area contributed by atoms with E-state index in [4.69, 9.17) is 26.2 Å². The minimum atomic E-state index is -0.0879. The Bertz CT molecular complexity index is 723. The Labute approximate surface area is 153 Å². The number of methoxy groups -OCH3 is 2. The predicted octanol–water partition coefficient (Wildman–Crippen LogP) is 3.52. The third kappa shape index (κ3) is 5.35. The monoisotopic (exact) mass is 363 g/mol. The number of thiocarbonyl (C=S) groups is 1. The zero-order valence-electron chi connectivity index (χ0n) is 15.3. The number of nitrogens with zero attached hydrogens (tertiary/aromatic N) is 1. The number of hydrogen-bond donors (Lipinski definition) is 2. The van der Waals surface area contributed by atoms with Gasteiger partial charge >= 0.3 is 0 Å². The molecule has 6 nitrogen and oxygen atoms in total. The fraction of sp³-hybridized carbons (Fsp3) is 0.444. The van der Waals surface area contributed by atoms with Crippen molar-refractivity contribution in [3.63, 3.8) is 0 Å². The highest BCUT2D eigenvalue weighted by Gasteiger charge is 2.19. The van der Waals surface area contributed by atoms with Crippen molar-refractivity contribution in [2.75, 3.05) is 26.1 Å². The van der Waals surface area contributed by atoms with Crippen LogP contribution in [0.15, 0.2) is 28.8 Å². The summed E-state index contributed by atoms with van der Waals surface area (Å²) in [7, 11) is 3.25. The molecule has 0 unspecified atom stereocenters. The summed E-state index contributed by atoms with van der Waals surface area (Å²) in [4.78, 5) is 0. The number of aromatic nitrogens is 1. The van der Waals surface area contributed by atoms with E-state index >= 15 is 0 Å². The van der Waals surface area contributed by atoms with Gasteiger partial charge < -0.3 is 24.6 Å². The van der Waals surface area contributed by atoms with Crippen molar-refractivity contribution in [1.29, 1.82) is 0 Å². The molecule has 136 valence electrons. The Morgan fingerprint density at radius 3 is 2.48 bits per heavy atom. The van der Waals surface area contributed by atoms with Gasteiger partial charge in [0.25, 0.3) is 0 Å². The molecule has 0 bridgehead atoms. The lowest BCUT2D eigenvalue weighted by atomic mass is 9.93. The molecule has 2 rings (SSSR count). The highest BCUT2D eigenvalue weighted by Crippen LogP contribution is 2.27. The van der Waals surface area contributed by atoms with Gasteiger partial charge in [0.15, 0.2) is 22.4 Å². The Morgan fingerprint density at radius 2 is 1.88 bits per heavy atom. The van der Waals surface area contributed by atoms with E-state index in [1.807, 2.05) is 24.3 Å². The summed E-state index contributed by atoms with van der Waals surface area (Å²) in [5.74, 6) is 2.85. The van der Waals surface area contributed by atoms with E-state index in [1.54, 1.807) is 14.2 Å². The standard InChI is InChI=1S/C18H25N3O3S/c1-18(2,3)15-11-16(21-24-15)20-17(25)19-9-8-12-6-7-13(22-4)14(10-12)23-5/h6-7,10-11H,8-9H2,1-5H3,(H2,19,20,21,25). The lowest BCUT2D eigenvalue weighted by Crippen LogP contribution is -2.30. The molecule has 1 aromatic carbocycles. The highest BCUT2D eigenvalue weighted by molar-refractivity contribution is 7.80. The van der Waals surface area contributed by atoms with Gasteiger partial charge in [0.2, 0.25) is 0 Å². The van der Waals surface area contributed by atoms with Crippen molar-refractivity contribution in [1.82, 2.24) is 10.5 Å². The van der Waals surface area contributed by atoms with Crippen molar-refractivity contribution in [3.8, 4) is 11.5 Å². The van der Waals surface area contributed by atoms with Crippen molar-refractivity contribution in [3.05, 3.63) is 35.6 Å². The molecule has 0 aliphatic carbocycles. The molecule has 0 spiro atoms. The highest BCUT2D eigenvalue weighted by atomic mass is 32.1. The van der Waals surface area contributed by atoms with Gasteiger partial charge in [-0.3, -0.25) is 0 Å². The lowest BCUT2D eigenvalue weighted by molar-refractivity contribution is 0.331. The van der Waals surface area contributed by atoms with Gasteiger partial charge in [0, 0.05) is 18.0 Å². The van der Waals surface area contributed by atoms with Gasteiger partial charge in [-0.15, -0.1) is 0 Å². The van der Waals surface area contributed by atoms with E-state index in [9.17, 15) is 0 Å². The first-order chi connectivity index (χ1) is 11.8. The number of ether oxygens (including phenoxy) is 2. The zero-order valence-corrected chi connectivity index (χ0v) is 16.1. The molecule has 2 N–H and O–H groups in total. The molecular weight excluding hydrogens is 338 g/mol. The summed E-state index contributed by atoms with van der Waals surface area (Å²) >= 11 is 5.29. The summed E-state index contributed by atoms with van der Waals surface area (Å²) in [6.07, 6.45) is 0.800. The van der Waals surface area contributed by atoms with Crippen LogP contribution in [0, 0.1) is 0 Å². The average Bonchev–Trinajstić information content (AvgIpc) is 3.03. The van der Waals surface area contributed by atoms with Crippen LogP contribution in [-0.2, 0) is 11.8 Å². The first kappa shape index (κ1) is 19.1. The number of benzene rings is 1. The van der Waals surface area contributed by atoms with E-state index in [0.717, 1.165) is 29.2 Å². The Kier molecular flexibility index (Phi) is 6.25. The SMILES string of the molecule is COc1ccc(CCNC(=S)Nc2cc(C(C)(C)C)on2)cc1OC. The number of rotatable bonds is 6. The fourth-order valence-corrected chi connectivity index (χ4v) is 2.41. The third-order valence-corrected chi connectivity index (χ3v) is 3.88. The summed E-state index contributed by atoms with van der Waals surface area (Å²) in [5.41, 5.74) is 1.04. The zero-order chi connectivity index (χ0) is 18.4. The molecule has 0 aliphatic rings. The summed E-state index contributed by atoms with van der Waals surface area (Å²) in [6, 6.07) is 7.73. The van der Waals surface area contributed by atoms with Gasteiger partial charge in [-0.2, -0.15) is 0 Å². The van der Waals surface area contributed by atoms with Gasteiger partial charge in [0.05, 0.1) is 14.2 Å². The molecular formula is C18H25N3O3S. The van der Waals surface area contributed by atoms with E-state index < -0.39 is 0 Å². The molecule has 7 heteroatoms. The second-order valence-corrected chi connectivity index (χ2v) is 7.05. The quantitative estimate of drug-likeness (QED) is 0.761. The van der Waals surface area contributed by atoms with Crippen LogP contribution in [0.3, 0.4) is 0 Å². The molecule has 0 amide bonds. The number of anilines is 1. The van der Waals surface area contributed by atoms with Crippen LogP contribution in [0.5, 0.6) is 11.5 Å². The van der Waals surface area contributed by atoms with Gasteiger partial charge in [-0.25, -0.2) is 0 Å². The van der Waals surface area contributed by atoms with Crippen LogP contribution in [-0.4, -0.2) is 31.0 Å². The maximum atomic E-state index is 5.33. The fourth-order valence-electron chi connectivity index (χ4n) is 2.20. The second kappa shape index (κ2) is 8.20. The van der Waals surface area contributed by atoms with Crippen LogP contribution < -0.4 is 20.1 Å². The van der Waals surface area contributed by atoms with Crippen LogP contribution in [0.25, 0.3) is 0 Å². The van der Waals surface area contributed by atoms with Crippen LogP contribution in [0.1, 0.15) is 32.1 Å². The van der Waals surface area contributed by atoms with Crippen LogP contribution in [0.4, 0.5) is 5.82 Å². The Hall–Kier alpha value is -2.28. The van der Waals surface area contributed by atoms with Gasteiger partial charge in [0.1, 0.15) is 5.76 Å². The largest absolute Gasteiger partial charge is 0.493 e. The number of hydrogen-bond acceptors (Lipinski definition) is 5. The van der Waals surface area contributed by atoms with Crippen molar-refractivity contribution >= 4 is 23.1 Å². The van der Waals surface area contributed by atoms with Crippen molar-refractivity contribution < 1.29 is 14.0 Å². The minimum absolute atomic E-state index is 0.0879. The van der Waals surface area contributed by atoms with Crippen LogP contribution >= 0.6 is 12.2 Å².